The molecule has 0 saturated carbocycles. The van der Waals surface area contributed by atoms with E-state index in [1.54, 1.807) is 0 Å². The van der Waals surface area contributed by atoms with Gasteiger partial charge in [0, 0.05) is 18.5 Å². The van der Waals surface area contributed by atoms with Crippen molar-refractivity contribution in [2.45, 2.75) is 32.3 Å². The maximum atomic E-state index is 12.1. The minimum absolute atomic E-state index is 0.0182. The maximum Gasteiger partial charge on any atom is 0.226 e. The van der Waals surface area contributed by atoms with Gasteiger partial charge in [-0.3, -0.25) is 4.79 Å². The van der Waals surface area contributed by atoms with Crippen LogP contribution in [0.1, 0.15) is 31.7 Å². The summed E-state index contributed by atoms with van der Waals surface area (Å²) in [6.07, 6.45) is 4.82. The second kappa shape index (κ2) is 4.48. The third-order valence-electron chi connectivity index (χ3n) is 3.48. The topological polar surface area (TPSA) is 29.5 Å². The third kappa shape index (κ3) is 1.90. The monoisotopic (exact) mass is 243 g/mol. The summed E-state index contributed by atoms with van der Waals surface area (Å²) in [4.78, 5) is 14.0. The Morgan fingerprint density at radius 2 is 2.11 bits per heavy atom. The van der Waals surface area contributed by atoms with Crippen molar-refractivity contribution in [1.82, 2.24) is 4.90 Å². The van der Waals surface area contributed by atoms with Gasteiger partial charge in [-0.15, -0.1) is 0 Å². The fourth-order valence-corrected chi connectivity index (χ4v) is 2.62. The van der Waals surface area contributed by atoms with Gasteiger partial charge in [0.1, 0.15) is 11.9 Å². The van der Waals surface area contributed by atoms with Crippen molar-refractivity contribution in [3.63, 3.8) is 0 Å². The van der Waals surface area contributed by atoms with Gasteiger partial charge in [-0.2, -0.15) is 0 Å². The van der Waals surface area contributed by atoms with E-state index < -0.39 is 0 Å². The summed E-state index contributed by atoms with van der Waals surface area (Å²) in [6.45, 7) is 2.83. The Kier molecular flexibility index (Phi) is 2.82. The summed E-state index contributed by atoms with van der Waals surface area (Å²) in [6, 6.07) is 7.94. The SMILES string of the molecule is CC1C=C(N2CCCCC2=O)c2ccccc2O1. The standard InChI is InChI=1S/C15H17NO2/c1-11-10-13(16-9-5-4-8-15(16)17)12-6-2-3-7-14(12)18-11/h2-3,6-7,10-11H,4-5,8-9H2,1H3. The van der Waals surface area contributed by atoms with Gasteiger partial charge in [0.25, 0.3) is 0 Å². The summed E-state index contributed by atoms with van der Waals surface area (Å²) in [5.41, 5.74) is 2.06. The zero-order chi connectivity index (χ0) is 12.5. The van der Waals surface area contributed by atoms with Crippen molar-refractivity contribution in [1.29, 1.82) is 0 Å². The minimum atomic E-state index is 0.0182. The van der Waals surface area contributed by atoms with E-state index in [4.69, 9.17) is 4.74 Å². The van der Waals surface area contributed by atoms with Crippen LogP contribution in [0.3, 0.4) is 0 Å². The van der Waals surface area contributed by atoms with E-state index in [0.717, 1.165) is 36.4 Å². The molecule has 94 valence electrons. The van der Waals surface area contributed by atoms with E-state index in [-0.39, 0.29) is 12.0 Å². The van der Waals surface area contributed by atoms with Crippen LogP contribution >= 0.6 is 0 Å². The number of piperidine rings is 1. The Labute approximate surface area is 107 Å². The van der Waals surface area contributed by atoms with Gasteiger partial charge in [0.2, 0.25) is 5.91 Å². The molecule has 3 heteroatoms. The normalized spacial score (nSPS) is 23.2. The number of likely N-dealkylation sites (tertiary alicyclic amines) is 1. The first-order valence-electron chi connectivity index (χ1n) is 6.54. The Balaban J connectivity index is 2.01. The molecule has 2 heterocycles. The second-order valence-corrected chi connectivity index (χ2v) is 4.87. The molecule has 0 radical (unpaired) electrons. The summed E-state index contributed by atoms with van der Waals surface area (Å²) in [7, 11) is 0. The number of carbonyl (C=O) groups excluding carboxylic acids is 1. The second-order valence-electron chi connectivity index (χ2n) is 4.87. The van der Waals surface area contributed by atoms with E-state index in [1.807, 2.05) is 42.2 Å². The number of rotatable bonds is 1. The van der Waals surface area contributed by atoms with Crippen LogP contribution in [0.25, 0.3) is 5.70 Å². The Bertz CT molecular complexity index is 507. The predicted molar refractivity (Wildman–Crippen MR) is 70.1 cm³/mol. The van der Waals surface area contributed by atoms with E-state index in [0.29, 0.717) is 6.42 Å². The molecule has 0 bridgehead atoms. The summed E-state index contributed by atoms with van der Waals surface area (Å²) >= 11 is 0. The van der Waals surface area contributed by atoms with Gasteiger partial charge in [0.15, 0.2) is 0 Å². The lowest BCUT2D eigenvalue weighted by Gasteiger charge is -2.33. The molecular weight excluding hydrogens is 226 g/mol. The summed E-state index contributed by atoms with van der Waals surface area (Å²) in [5.74, 6) is 1.11. The van der Waals surface area contributed by atoms with Crippen molar-refractivity contribution in [3.05, 3.63) is 35.9 Å². The van der Waals surface area contributed by atoms with Crippen LogP contribution < -0.4 is 4.74 Å². The highest BCUT2D eigenvalue weighted by Gasteiger charge is 2.27. The Morgan fingerprint density at radius 3 is 2.94 bits per heavy atom. The number of carbonyl (C=O) groups is 1. The van der Waals surface area contributed by atoms with Gasteiger partial charge < -0.3 is 9.64 Å². The minimum Gasteiger partial charge on any atom is -0.486 e. The molecule has 0 aromatic heterocycles. The van der Waals surface area contributed by atoms with Crippen LogP contribution in [0, 0.1) is 0 Å². The zero-order valence-electron chi connectivity index (χ0n) is 10.6. The highest BCUT2D eigenvalue weighted by molar-refractivity contribution is 5.89. The largest absolute Gasteiger partial charge is 0.486 e. The van der Waals surface area contributed by atoms with Gasteiger partial charge in [-0.1, -0.05) is 12.1 Å². The lowest BCUT2D eigenvalue weighted by atomic mass is 10.0. The lowest BCUT2D eigenvalue weighted by molar-refractivity contribution is -0.129. The van der Waals surface area contributed by atoms with E-state index in [2.05, 4.69) is 0 Å². The predicted octanol–water partition coefficient (Wildman–Crippen LogP) is 2.82. The lowest BCUT2D eigenvalue weighted by Crippen LogP contribution is -2.35. The molecule has 0 N–H and O–H groups in total. The first-order chi connectivity index (χ1) is 8.75. The molecule has 3 nitrogen and oxygen atoms in total. The zero-order valence-corrected chi connectivity index (χ0v) is 10.6. The molecule has 1 atom stereocenters. The molecule has 18 heavy (non-hydrogen) atoms. The van der Waals surface area contributed by atoms with E-state index >= 15 is 0 Å². The quantitative estimate of drug-likeness (QED) is 0.759. The average Bonchev–Trinajstić information content (AvgIpc) is 2.38. The van der Waals surface area contributed by atoms with Crippen molar-refractivity contribution < 1.29 is 9.53 Å². The Hall–Kier alpha value is -1.77. The van der Waals surface area contributed by atoms with E-state index in [9.17, 15) is 4.79 Å². The fraction of sp³-hybridized carbons (Fsp3) is 0.400. The van der Waals surface area contributed by atoms with Gasteiger partial charge >= 0.3 is 0 Å². The molecule has 1 unspecified atom stereocenters. The van der Waals surface area contributed by atoms with Gasteiger partial charge in [-0.25, -0.2) is 0 Å². The molecular formula is C15H17NO2. The highest BCUT2D eigenvalue weighted by atomic mass is 16.5. The third-order valence-corrected chi connectivity index (χ3v) is 3.48. The van der Waals surface area contributed by atoms with Crippen LogP contribution in [0.4, 0.5) is 0 Å². The number of benzene rings is 1. The van der Waals surface area contributed by atoms with Crippen LogP contribution in [-0.2, 0) is 4.79 Å². The number of nitrogens with zero attached hydrogens (tertiary/aromatic N) is 1. The highest BCUT2D eigenvalue weighted by Crippen LogP contribution is 2.35. The van der Waals surface area contributed by atoms with Crippen LogP contribution in [0.5, 0.6) is 5.75 Å². The fourth-order valence-electron chi connectivity index (χ4n) is 2.62. The molecule has 1 fully saturated rings. The summed E-state index contributed by atoms with van der Waals surface area (Å²) in [5, 5.41) is 0. The number of amides is 1. The average molecular weight is 243 g/mol. The number of hydrogen-bond acceptors (Lipinski definition) is 2. The molecule has 3 rings (SSSR count). The molecule has 2 aliphatic rings. The molecule has 1 amide bonds. The van der Waals surface area contributed by atoms with Crippen LogP contribution in [0.2, 0.25) is 0 Å². The van der Waals surface area contributed by atoms with Crippen molar-refractivity contribution in [3.8, 4) is 5.75 Å². The molecule has 1 aromatic carbocycles. The molecule has 0 spiro atoms. The van der Waals surface area contributed by atoms with Crippen molar-refractivity contribution in [2.75, 3.05) is 6.54 Å². The molecule has 2 aliphatic heterocycles. The van der Waals surface area contributed by atoms with E-state index in [1.165, 1.54) is 0 Å². The molecule has 1 saturated heterocycles. The smallest absolute Gasteiger partial charge is 0.226 e. The van der Waals surface area contributed by atoms with Crippen LogP contribution in [-0.4, -0.2) is 23.5 Å². The van der Waals surface area contributed by atoms with Crippen molar-refractivity contribution >= 4 is 11.6 Å². The van der Waals surface area contributed by atoms with Gasteiger partial charge in [-0.05, 0) is 38.0 Å². The summed E-state index contributed by atoms with van der Waals surface area (Å²) < 4.78 is 5.77. The molecule has 1 aromatic rings. The number of para-hydroxylation sites is 1. The molecule has 0 aliphatic carbocycles. The first-order valence-corrected chi connectivity index (χ1v) is 6.54. The van der Waals surface area contributed by atoms with Crippen LogP contribution in [0.15, 0.2) is 30.3 Å². The number of ether oxygens (including phenoxy) is 1. The first kappa shape index (κ1) is 11.3. The number of hydrogen-bond donors (Lipinski definition) is 0. The Morgan fingerprint density at radius 1 is 1.28 bits per heavy atom. The maximum absolute atomic E-state index is 12.1. The van der Waals surface area contributed by atoms with Crippen molar-refractivity contribution in [2.24, 2.45) is 0 Å². The van der Waals surface area contributed by atoms with Gasteiger partial charge in [0.05, 0.1) is 5.70 Å². The number of fused-ring (bicyclic) bond motifs is 1.